The molecule has 0 amide bonds. The van der Waals surface area contributed by atoms with Crippen molar-refractivity contribution in [1.82, 2.24) is 4.98 Å². The Morgan fingerprint density at radius 3 is 2.96 bits per heavy atom. The standard InChI is InChI=1S/C18H15N3O2/c19-10-13-11-20-15-5-2-1-4-14(15)18(13)21-7-9-23-17(12-21)16-6-3-8-22-16/h1-6,8,11,17H,7,9,12H2. The summed E-state index contributed by atoms with van der Waals surface area (Å²) in [5.41, 5.74) is 2.41. The summed E-state index contributed by atoms with van der Waals surface area (Å²) in [5.74, 6) is 0.812. The fraction of sp³-hybridized carbons (Fsp3) is 0.222. The molecule has 1 aliphatic heterocycles. The summed E-state index contributed by atoms with van der Waals surface area (Å²) in [6.45, 7) is 1.98. The number of aromatic nitrogens is 1. The van der Waals surface area contributed by atoms with Crippen LogP contribution in [-0.2, 0) is 4.74 Å². The van der Waals surface area contributed by atoms with Gasteiger partial charge in [-0.25, -0.2) is 0 Å². The number of nitrogens with zero attached hydrogens (tertiary/aromatic N) is 3. The number of hydrogen-bond acceptors (Lipinski definition) is 5. The Labute approximate surface area is 133 Å². The third-order valence-corrected chi connectivity index (χ3v) is 4.11. The van der Waals surface area contributed by atoms with Crippen molar-refractivity contribution in [2.24, 2.45) is 0 Å². The van der Waals surface area contributed by atoms with E-state index in [0.717, 1.165) is 28.9 Å². The molecule has 2 aromatic heterocycles. The number of nitriles is 1. The second-order valence-electron chi connectivity index (χ2n) is 5.47. The largest absolute Gasteiger partial charge is 0.467 e. The number of morpholine rings is 1. The first-order valence-electron chi connectivity index (χ1n) is 7.54. The van der Waals surface area contributed by atoms with Crippen LogP contribution in [-0.4, -0.2) is 24.7 Å². The topological polar surface area (TPSA) is 62.3 Å². The minimum atomic E-state index is -0.128. The third-order valence-electron chi connectivity index (χ3n) is 4.11. The summed E-state index contributed by atoms with van der Waals surface area (Å²) in [4.78, 5) is 6.57. The smallest absolute Gasteiger partial charge is 0.134 e. The highest BCUT2D eigenvalue weighted by atomic mass is 16.5. The number of fused-ring (bicyclic) bond motifs is 1. The highest BCUT2D eigenvalue weighted by molar-refractivity contribution is 5.94. The molecule has 3 aromatic rings. The number of rotatable bonds is 2. The molecular formula is C18H15N3O2. The van der Waals surface area contributed by atoms with Crippen LogP contribution in [0.4, 0.5) is 5.69 Å². The summed E-state index contributed by atoms with van der Waals surface area (Å²) >= 11 is 0. The van der Waals surface area contributed by atoms with E-state index in [0.29, 0.717) is 18.7 Å². The number of benzene rings is 1. The molecule has 114 valence electrons. The van der Waals surface area contributed by atoms with Crippen LogP contribution in [0, 0.1) is 11.3 Å². The molecule has 1 atom stereocenters. The lowest BCUT2D eigenvalue weighted by molar-refractivity contribution is 0.0258. The predicted octanol–water partition coefficient (Wildman–Crippen LogP) is 3.28. The van der Waals surface area contributed by atoms with Gasteiger partial charge in [0.05, 0.1) is 36.2 Å². The molecule has 0 aliphatic carbocycles. The van der Waals surface area contributed by atoms with Crippen LogP contribution >= 0.6 is 0 Å². The van der Waals surface area contributed by atoms with Crippen LogP contribution in [0.3, 0.4) is 0 Å². The minimum Gasteiger partial charge on any atom is -0.467 e. The number of furan rings is 1. The second-order valence-corrected chi connectivity index (χ2v) is 5.47. The van der Waals surface area contributed by atoms with E-state index in [1.165, 1.54) is 0 Å². The van der Waals surface area contributed by atoms with Gasteiger partial charge in [-0.3, -0.25) is 4.98 Å². The number of ether oxygens (including phenoxy) is 1. The lowest BCUT2D eigenvalue weighted by atomic mass is 10.1. The maximum absolute atomic E-state index is 9.49. The van der Waals surface area contributed by atoms with E-state index in [4.69, 9.17) is 9.15 Å². The summed E-state index contributed by atoms with van der Waals surface area (Å²) < 4.78 is 11.3. The molecule has 0 bridgehead atoms. The number of hydrogen-bond donors (Lipinski definition) is 0. The second kappa shape index (κ2) is 5.75. The molecule has 3 heterocycles. The normalized spacial score (nSPS) is 18.0. The van der Waals surface area contributed by atoms with Gasteiger partial charge in [0.15, 0.2) is 0 Å². The van der Waals surface area contributed by atoms with Gasteiger partial charge in [0, 0.05) is 18.1 Å². The van der Waals surface area contributed by atoms with E-state index in [1.54, 1.807) is 12.5 Å². The van der Waals surface area contributed by atoms with Gasteiger partial charge in [0.2, 0.25) is 0 Å². The molecule has 5 nitrogen and oxygen atoms in total. The van der Waals surface area contributed by atoms with Crippen molar-refractivity contribution in [3.63, 3.8) is 0 Å². The van der Waals surface area contributed by atoms with Crippen molar-refractivity contribution in [3.05, 3.63) is 60.2 Å². The highest BCUT2D eigenvalue weighted by Gasteiger charge is 2.26. The highest BCUT2D eigenvalue weighted by Crippen LogP contribution is 2.33. The van der Waals surface area contributed by atoms with Crippen molar-refractivity contribution in [1.29, 1.82) is 5.26 Å². The average molecular weight is 305 g/mol. The van der Waals surface area contributed by atoms with Crippen LogP contribution in [0.2, 0.25) is 0 Å². The minimum absolute atomic E-state index is 0.128. The van der Waals surface area contributed by atoms with Crippen LogP contribution in [0.25, 0.3) is 10.9 Å². The van der Waals surface area contributed by atoms with Gasteiger partial charge >= 0.3 is 0 Å². The van der Waals surface area contributed by atoms with Crippen molar-refractivity contribution >= 4 is 16.6 Å². The Bertz CT molecular complexity index is 868. The molecule has 1 aromatic carbocycles. The van der Waals surface area contributed by atoms with Gasteiger partial charge < -0.3 is 14.1 Å². The predicted molar refractivity (Wildman–Crippen MR) is 86.1 cm³/mol. The molecule has 5 heteroatoms. The monoisotopic (exact) mass is 305 g/mol. The van der Waals surface area contributed by atoms with Crippen molar-refractivity contribution < 1.29 is 9.15 Å². The molecule has 0 N–H and O–H groups in total. The lowest BCUT2D eigenvalue weighted by Gasteiger charge is -2.34. The van der Waals surface area contributed by atoms with E-state index >= 15 is 0 Å². The molecule has 1 aliphatic rings. The third kappa shape index (κ3) is 2.43. The van der Waals surface area contributed by atoms with Gasteiger partial charge in [0.1, 0.15) is 17.9 Å². The van der Waals surface area contributed by atoms with Crippen LogP contribution in [0.15, 0.2) is 53.3 Å². The van der Waals surface area contributed by atoms with Crippen molar-refractivity contribution in [2.45, 2.75) is 6.10 Å². The maximum atomic E-state index is 9.49. The van der Waals surface area contributed by atoms with E-state index < -0.39 is 0 Å². The first-order valence-corrected chi connectivity index (χ1v) is 7.54. The molecule has 1 fully saturated rings. The maximum Gasteiger partial charge on any atom is 0.134 e. The summed E-state index contributed by atoms with van der Waals surface area (Å²) in [6, 6.07) is 13.9. The summed E-state index contributed by atoms with van der Waals surface area (Å²) in [5, 5.41) is 10.5. The fourth-order valence-corrected chi connectivity index (χ4v) is 3.05. The number of anilines is 1. The molecule has 4 rings (SSSR count). The molecule has 1 saturated heterocycles. The van der Waals surface area contributed by atoms with Crippen molar-refractivity contribution in [2.75, 3.05) is 24.6 Å². The summed E-state index contributed by atoms with van der Waals surface area (Å²) in [7, 11) is 0. The van der Waals surface area contributed by atoms with E-state index in [1.807, 2.05) is 36.4 Å². The average Bonchev–Trinajstić information content (AvgIpc) is 3.15. The Morgan fingerprint density at radius 1 is 1.22 bits per heavy atom. The van der Waals surface area contributed by atoms with E-state index in [-0.39, 0.29) is 6.10 Å². The number of para-hydroxylation sites is 1. The van der Waals surface area contributed by atoms with Gasteiger partial charge in [0.25, 0.3) is 0 Å². The molecular weight excluding hydrogens is 290 g/mol. The van der Waals surface area contributed by atoms with Gasteiger partial charge in [-0.05, 0) is 18.2 Å². The fourth-order valence-electron chi connectivity index (χ4n) is 3.05. The molecule has 0 radical (unpaired) electrons. The zero-order valence-corrected chi connectivity index (χ0v) is 12.5. The van der Waals surface area contributed by atoms with Gasteiger partial charge in [-0.1, -0.05) is 18.2 Å². The first kappa shape index (κ1) is 13.8. The van der Waals surface area contributed by atoms with Gasteiger partial charge in [-0.15, -0.1) is 0 Å². The summed E-state index contributed by atoms with van der Waals surface area (Å²) in [6.07, 6.45) is 3.17. The number of pyridine rings is 1. The van der Waals surface area contributed by atoms with E-state index in [2.05, 4.69) is 16.0 Å². The Morgan fingerprint density at radius 2 is 2.13 bits per heavy atom. The molecule has 0 spiro atoms. The Kier molecular flexibility index (Phi) is 3.45. The zero-order valence-electron chi connectivity index (χ0n) is 12.5. The molecule has 0 saturated carbocycles. The van der Waals surface area contributed by atoms with Crippen LogP contribution < -0.4 is 4.90 Å². The molecule has 23 heavy (non-hydrogen) atoms. The van der Waals surface area contributed by atoms with Crippen LogP contribution in [0.1, 0.15) is 17.4 Å². The Balaban J connectivity index is 1.77. The quantitative estimate of drug-likeness (QED) is 0.727. The lowest BCUT2D eigenvalue weighted by Crippen LogP contribution is -2.38. The van der Waals surface area contributed by atoms with Crippen molar-refractivity contribution in [3.8, 4) is 6.07 Å². The Hall–Kier alpha value is -2.84. The van der Waals surface area contributed by atoms with Crippen LogP contribution in [0.5, 0.6) is 0 Å². The zero-order chi connectivity index (χ0) is 15.6. The molecule has 1 unspecified atom stereocenters. The first-order chi connectivity index (χ1) is 11.4. The SMILES string of the molecule is N#Cc1cnc2ccccc2c1N1CCOC(c2ccco2)C1. The van der Waals surface area contributed by atoms with E-state index in [9.17, 15) is 5.26 Å². The van der Waals surface area contributed by atoms with Gasteiger partial charge in [-0.2, -0.15) is 5.26 Å².